The zero-order valence-electron chi connectivity index (χ0n) is 11.9. The van der Waals surface area contributed by atoms with Gasteiger partial charge in [-0.05, 0) is 48.1 Å². The van der Waals surface area contributed by atoms with E-state index < -0.39 is 5.97 Å². The summed E-state index contributed by atoms with van der Waals surface area (Å²) in [5, 5.41) is 5.54. The smallest absolute Gasteiger partial charge is 0.343 e. The van der Waals surface area contributed by atoms with Gasteiger partial charge in [0.1, 0.15) is 11.4 Å². The summed E-state index contributed by atoms with van der Waals surface area (Å²) in [6.07, 6.45) is 1.66. The number of hydrogen-bond donors (Lipinski definition) is 2. The highest BCUT2D eigenvalue weighted by Crippen LogP contribution is 2.16. The van der Waals surface area contributed by atoms with Crippen LogP contribution in [0.15, 0.2) is 60.3 Å². The van der Waals surface area contributed by atoms with Gasteiger partial charge in [0.25, 0.3) is 5.91 Å². The summed E-state index contributed by atoms with van der Waals surface area (Å²) in [7, 11) is 0. The third kappa shape index (κ3) is 3.61. The van der Waals surface area contributed by atoms with Crippen LogP contribution in [0.1, 0.15) is 15.9 Å². The standard InChI is InChI=1S/C17H12N2O3S/c20-15-14(18-17(23)19-15)10-11-6-8-13(9-7-11)22-16(21)12-4-2-1-3-5-12/h1-10H,(H2,18,19,20,23)/b14-10+. The number of thiocarbonyl (C=S) groups is 1. The van der Waals surface area contributed by atoms with Crippen LogP contribution in [-0.2, 0) is 4.79 Å². The molecule has 0 aliphatic carbocycles. The Kier molecular flexibility index (Phi) is 4.16. The van der Waals surface area contributed by atoms with Crippen LogP contribution in [0, 0.1) is 0 Å². The summed E-state index contributed by atoms with van der Waals surface area (Å²) < 4.78 is 5.29. The van der Waals surface area contributed by atoms with Crippen molar-refractivity contribution in [2.75, 3.05) is 0 Å². The highest BCUT2D eigenvalue weighted by atomic mass is 32.1. The zero-order valence-corrected chi connectivity index (χ0v) is 12.7. The SMILES string of the molecule is O=C1NC(=S)N/C1=C/c1ccc(OC(=O)c2ccccc2)cc1. The van der Waals surface area contributed by atoms with Gasteiger partial charge in [-0.2, -0.15) is 0 Å². The molecule has 0 atom stereocenters. The van der Waals surface area contributed by atoms with E-state index in [1.807, 2.05) is 6.07 Å². The molecular weight excluding hydrogens is 312 g/mol. The summed E-state index contributed by atoms with van der Waals surface area (Å²) in [4.78, 5) is 23.5. The fourth-order valence-electron chi connectivity index (χ4n) is 2.02. The van der Waals surface area contributed by atoms with Crippen molar-refractivity contribution in [3.05, 3.63) is 71.4 Å². The summed E-state index contributed by atoms with van der Waals surface area (Å²) in [6, 6.07) is 15.6. The van der Waals surface area contributed by atoms with Crippen LogP contribution < -0.4 is 15.4 Å². The molecule has 23 heavy (non-hydrogen) atoms. The van der Waals surface area contributed by atoms with Crippen molar-refractivity contribution in [3.8, 4) is 5.75 Å². The third-order valence-corrected chi connectivity index (χ3v) is 3.34. The topological polar surface area (TPSA) is 67.4 Å². The number of rotatable bonds is 3. The molecule has 3 rings (SSSR count). The third-order valence-electron chi connectivity index (χ3n) is 3.13. The molecule has 2 aromatic carbocycles. The van der Waals surface area contributed by atoms with Crippen molar-refractivity contribution in [3.63, 3.8) is 0 Å². The summed E-state index contributed by atoms with van der Waals surface area (Å²) in [5.74, 6) is -0.256. The minimum absolute atomic E-state index is 0.269. The van der Waals surface area contributed by atoms with Crippen molar-refractivity contribution in [2.45, 2.75) is 0 Å². The number of carbonyl (C=O) groups is 2. The second-order valence-electron chi connectivity index (χ2n) is 4.79. The van der Waals surface area contributed by atoms with E-state index in [1.54, 1.807) is 54.6 Å². The molecule has 0 unspecified atom stereocenters. The Morgan fingerprint density at radius 2 is 1.70 bits per heavy atom. The normalized spacial score (nSPS) is 15.2. The first-order valence-electron chi connectivity index (χ1n) is 6.83. The van der Waals surface area contributed by atoms with Crippen molar-refractivity contribution < 1.29 is 14.3 Å². The number of amides is 1. The van der Waals surface area contributed by atoms with Gasteiger partial charge < -0.3 is 10.1 Å². The predicted octanol–water partition coefficient (Wildman–Crippen LogP) is 2.25. The minimum Gasteiger partial charge on any atom is -0.423 e. The highest BCUT2D eigenvalue weighted by molar-refractivity contribution is 7.80. The second kappa shape index (κ2) is 6.41. The van der Waals surface area contributed by atoms with Gasteiger partial charge in [-0.15, -0.1) is 0 Å². The Morgan fingerprint density at radius 1 is 1.00 bits per heavy atom. The van der Waals surface area contributed by atoms with Crippen LogP contribution in [0.5, 0.6) is 5.75 Å². The molecule has 0 saturated carbocycles. The predicted molar refractivity (Wildman–Crippen MR) is 89.7 cm³/mol. The second-order valence-corrected chi connectivity index (χ2v) is 5.20. The molecule has 5 nitrogen and oxygen atoms in total. The molecule has 0 spiro atoms. The first-order chi connectivity index (χ1) is 11.1. The van der Waals surface area contributed by atoms with Crippen LogP contribution in [-0.4, -0.2) is 17.0 Å². The van der Waals surface area contributed by atoms with E-state index in [-0.39, 0.29) is 11.0 Å². The van der Waals surface area contributed by atoms with Crippen molar-refractivity contribution in [1.82, 2.24) is 10.6 Å². The van der Waals surface area contributed by atoms with Gasteiger partial charge in [-0.3, -0.25) is 10.1 Å². The Morgan fingerprint density at radius 3 is 2.30 bits per heavy atom. The Bertz CT molecular complexity index is 798. The fraction of sp³-hybridized carbons (Fsp3) is 0. The summed E-state index contributed by atoms with van der Waals surface area (Å²) in [6.45, 7) is 0. The van der Waals surface area contributed by atoms with Crippen molar-refractivity contribution >= 4 is 35.3 Å². The molecule has 6 heteroatoms. The van der Waals surface area contributed by atoms with Gasteiger partial charge in [0, 0.05) is 0 Å². The quantitative estimate of drug-likeness (QED) is 0.392. The average molecular weight is 324 g/mol. The number of benzene rings is 2. The molecule has 1 heterocycles. The molecular formula is C17H12N2O3S. The number of esters is 1. The van der Waals surface area contributed by atoms with Crippen LogP contribution in [0.25, 0.3) is 6.08 Å². The lowest BCUT2D eigenvalue weighted by Gasteiger charge is -2.04. The van der Waals surface area contributed by atoms with E-state index in [1.165, 1.54) is 0 Å². The van der Waals surface area contributed by atoms with E-state index in [0.29, 0.717) is 17.0 Å². The molecule has 1 fully saturated rings. The molecule has 1 aliphatic rings. The first kappa shape index (κ1) is 14.9. The lowest BCUT2D eigenvalue weighted by Crippen LogP contribution is -2.21. The van der Waals surface area contributed by atoms with Gasteiger partial charge >= 0.3 is 5.97 Å². The lowest BCUT2D eigenvalue weighted by atomic mass is 10.2. The van der Waals surface area contributed by atoms with Crippen LogP contribution in [0.2, 0.25) is 0 Å². The van der Waals surface area contributed by atoms with E-state index >= 15 is 0 Å². The molecule has 1 amide bonds. The van der Waals surface area contributed by atoms with E-state index in [2.05, 4.69) is 10.6 Å². The molecule has 1 aliphatic heterocycles. The average Bonchev–Trinajstić information content (AvgIpc) is 2.87. The van der Waals surface area contributed by atoms with E-state index in [9.17, 15) is 9.59 Å². The van der Waals surface area contributed by atoms with Gasteiger partial charge in [0.15, 0.2) is 5.11 Å². The number of ether oxygens (including phenoxy) is 1. The first-order valence-corrected chi connectivity index (χ1v) is 7.24. The molecule has 0 radical (unpaired) electrons. The monoisotopic (exact) mass is 324 g/mol. The van der Waals surface area contributed by atoms with Gasteiger partial charge in [-0.1, -0.05) is 30.3 Å². The largest absolute Gasteiger partial charge is 0.423 e. The number of nitrogens with one attached hydrogen (secondary N) is 2. The van der Waals surface area contributed by atoms with Crippen LogP contribution in [0.4, 0.5) is 0 Å². The molecule has 0 bridgehead atoms. The molecule has 114 valence electrons. The van der Waals surface area contributed by atoms with E-state index in [4.69, 9.17) is 17.0 Å². The molecule has 1 saturated heterocycles. The van der Waals surface area contributed by atoms with Gasteiger partial charge in [-0.25, -0.2) is 4.79 Å². The summed E-state index contributed by atoms with van der Waals surface area (Å²) >= 11 is 4.86. The lowest BCUT2D eigenvalue weighted by molar-refractivity contribution is -0.115. The zero-order chi connectivity index (χ0) is 16.2. The molecule has 2 N–H and O–H groups in total. The molecule has 2 aromatic rings. The maximum atomic E-state index is 11.9. The Labute approximate surface area is 138 Å². The molecule has 0 aromatic heterocycles. The summed E-state index contributed by atoms with van der Waals surface area (Å²) in [5.41, 5.74) is 1.65. The minimum atomic E-state index is -0.418. The fourth-order valence-corrected chi connectivity index (χ4v) is 2.22. The van der Waals surface area contributed by atoms with Gasteiger partial charge in [0.05, 0.1) is 5.56 Å². The van der Waals surface area contributed by atoms with Crippen LogP contribution in [0.3, 0.4) is 0 Å². The number of hydrogen-bond acceptors (Lipinski definition) is 4. The number of carbonyl (C=O) groups excluding carboxylic acids is 2. The van der Waals surface area contributed by atoms with Crippen molar-refractivity contribution in [2.24, 2.45) is 0 Å². The highest BCUT2D eigenvalue weighted by Gasteiger charge is 2.19. The maximum Gasteiger partial charge on any atom is 0.343 e. The Hall–Kier alpha value is -2.99. The maximum absolute atomic E-state index is 11.9. The Balaban J connectivity index is 1.70. The van der Waals surface area contributed by atoms with Gasteiger partial charge in [0.2, 0.25) is 0 Å². The van der Waals surface area contributed by atoms with Crippen molar-refractivity contribution in [1.29, 1.82) is 0 Å². The van der Waals surface area contributed by atoms with E-state index in [0.717, 1.165) is 5.56 Å². The van der Waals surface area contributed by atoms with Crippen LogP contribution >= 0.6 is 12.2 Å².